The maximum Gasteiger partial charge on any atom is 0.264 e. The molecule has 208 valence electrons. The standard InChI is InChI=1S/C29H33Cl2N3O4S/c1-4-16-32-29(36)27(5-2)33(19-22-14-15-23(30)18-26(22)31)28(35)20-34(24-11-9-10-21(3)17-24)39(37,38)25-12-7-6-8-13-25/h6-15,17-18,27H,4-5,16,19-20H2,1-3H3,(H,32,36)/t27-/m1/s1. The summed E-state index contributed by atoms with van der Waals surface area (Å²) < 4.78 is 28.7. The summed E-state index contributed by atoms with van der Waals surface area (Å²) in [6.45, 7) is 5.53. The van der Waals surface area contributed by atoms with E-state index in [0.717, 1.165) is 16.3 Å². The predicted octanol–water partition coefficient (Wildman–Crippen LogP) is 5.83. The lowest BCUT2D eigenvalue weighted by molar-refractivity contribution is -0.140. The fourth-order valence-electron chi connectivity index (χ4n) is 4.15. The van der Waals surface area contributed by atoms with Crippen molar-refractivity contribution in [2.45, 2.75) is 51.1 Å². The van der Waals surface area contributed by atoms with Crippen LogP contribution in [-0.2, 0) is 26.2 Å². The van der Waals surface area contributed by atoms with E-state index in [1.54, 1.807) is 61.5 Å². The van der Waals surface area contributed by atoms with Gasteiger partial charge < -0.3 is 10.2 Å². The Hall–Kier alpha value is -3.07. The minimum absolute atomic E-state index is 0.0000702. The van der Waals surface area contributed by atoms with Crippen LogP contribution < -0.4 is 9.62 Å². The third kappa shape index (κ3) is 7.75. The van der Waals surface area contributed by atoms with E-state index in [1.807, 2.05) is 19.9 Å². The molecule has 10 heteroatoms. The van der Waals surface area contributed by atoms with Crippen molar-refractivity contribution < 1.29 is 18.0 Å². The lowest BCUT2D eigenvalue weighted by Gasteiger charge is -2.33. The molecule has 2 amide bonds. The largest absolute Gasteiger partial charge is 0.354 e. The molecule has 3 aromatic rings. The summed E-state index contributed by atoms with van der Waals surface area (Å²) in [7, 11) is -4.11. The van der Waals surface area contributed by atoms with Gasteiger partial charge in [-0.15, -0.1) is 0 Å². The minimum Gasteiger partial charge on any atom is -0.354 e. The SMILES string of the molecule is CCCNC(=O)[C@@H](CC)N(Cc1ccc(Cl)cc1Cl)C(=O)CN(c1cccc(C)c1)S(=O)(=O)c1ccccc1. The number of hydrogen-bond acceptors (Lipinski definition) is 4. The van der Waals surface area contributed by atoms with Gasteiger partial charge in [-0.3, -0.25) is 13.9 Å². The van der Waals surface area contributed by atoms with Crippen LogP contribution in [0.15, 0.2) is 77.7 Å². The highest BCUT2D eigenvalue weighted by Crippen LogP contribution is 2.27. The first-order valence-electron chi connectivity index (χ1n) is 12.7. The summed E-state index contributed by atoms with van der Waals surface area (Å²) in [4.78, 5) is 28.6. The number of hydrogen-bond donors (Lipinski definition) is 1. The number of carbonyl (C=O) groups is 2. The van der Waals surface area contributed by atoms with Crippen molar-refractivity contribution in [3.8, 4) is 0 Å². The summed E-state index contributed by atoms with van der Waals surface area (Å²) in [5.41, 5.74) is 1.77. The average Bonchev–Trinajstić information content (AvgIpc) is 2.91. The Morgan fingerprint density at radius 2 is 1.67 bits per heavy atom. The maximum atomic E-state index is 14.0. The van der Waals surface area contributed by atoms with Gasteiger partial charge in [-0.1, -0.05) is 73.4 Å². The molecule has 1 atom stereocenters. The van der Waals surface area contributed by atoms with Crippen LogP contribution in [-0.4, -0.2) is 44.3 Å². The Balaban J connectivity index is 2.06. The van der Waals surface area contributed by atoms with Crippen molar-refractivity contribution in [3.05, 3.63) is 94.0 Å². The smallest absolute Gasteiger partial charge is 0.264 e. The summed E-state index contributed by atoms with van der Waals surface area (Å²) in [6.07, 6.45) is 1.05. The second kappa shape index (κ2) is 13.8. The molecule has 1 N–H and O–H groups in total. The summed E-state index contributed by atoms with van der Waals surface area (Å²) in [5, 5.41) is 3.64. The van der Waals surface area contributed by atoms with E-state index < -0.39 is 28.5 Å². The van der Waals surface area contributed by atoms with Crippen molar-refractivity contribution in [1.29, 1.82) is 0 Å². The number of nitrogens with zero attached hydrogens (tertiary/aromatic N) is 2. The molecular formula is C29H33Cl2N3O4S. The van der Waals surface area contributed by atoms with E-state index in [4.69, 9.17) is 23.2 Å². The molecule has 0 fully saturated rings. The van der Waals surface area contributed by atoms with Crippen LogP contribution in [0.4, 0.5) is 5.69 Å². The van der Waals surface area contributed by atoms with Gasteiger partial charge >= 0.3 is 0 Å². The van der Waals surface area contributed by atoms with E-state index in [0.29, 0.717) is 34.3 Å². The van der Waals surface area contributed by atoms with Crippen LogP contribution in [0, 0.1) is 6.92 Å². The minimum atomic E-state index is -4.11. The van der Waals surface area contributed by atoms with Gasteiger partial charge in [-0.25, -0.2) is 8.42 Å². The molecule has 0 spiro atoms. The van der Waals surface area contributed by atoms with Gasteiger partial charge in [-0.2, -0.15) is 0 Å². The number of halogens is 2. The summed E-state index contributed by atoms with van der Waals surface area (Å²) >= 11 is 12.5. The molecule has 0 aliphatic heterocycles. The number of anilines is 1. The van der Waals surface area contributed by atoms with E-state index in [-0.39, 0.29) is 17.3 Å². The zero-order valence-corrected chi connectivity index (χ0v) is 24.6. The first-order valence-corrected chi connectivity index (χ1v) is 14.9. The van der Waals surface area contributed by atoms with Gasteiger partial charge in [0.2, 0.25) is 11.8 Å². The number of benzene rings is 3. The molecule has 7 nitrogen and oxygen atoms in total. The fourth-order valence-corrected chi connectivity index (χ4v) is 6.05. The number of sulfonamides is 1. The van der Waals surface area contributed by atoms with Crippen molar-refractivity contribution >= 4 is 50.7 Å². The monoisotopic (exact) mass is 589 g/mol. The quantitative estimate of drug-likeness (QED) is 0.288. The second-order valence-corrected chi connectivity index (χ2v) is 11.8. The van der Waals surface area contributed by atoms with Crippen molar-refractivity contribution in [2.24, 2.45) is 0 Å². The first-order chi connectivity index (χ1) is 18.6. The van der Waals surface area contributed by atoms with Crippen LogP contribution in [0.2, 0.25) is 10.0 Å². The van der Waals surface area contributed by atoms with Crippen molar-refractivity contribution in [3.63, 3.8) is 0 Å². The Labute approximate surface area is 240 Å². The van der Waals surface area contributed by atoms with Crippen LogP contribution >= 0.6 is 23.2 Å². The fraction of sp³-hybridized carbons (Fsp3) is 0.310. The summed E-state index contributed by atoms with van der Waals surface area (Å²) in [5.74, 6) is -0.855. The molecule has 0 heterocycles. The number of amides is 2. The highest BCUT2D eigenvalue weighted by molar-refractivity contribution is 7.92. The Kier molecular flexibility index (Phi) is 10.8. The van der Waals surface area contributed by atoms with Gasteiger partial charge in [0.1, 0.15) is 12.6 Å². The lowest BCUT2D eigenvalue weighted by Crippen LogP contribution is -2.52. The Morgan fingerprint density at radius 1 is 0.949 bits per heavy atom. The van der Waals surface area contributed by atoms with Gasteiger partial charge in [0.25, 0.3) is 10.0 Å². The average molecular weight is 591 g/mol. The molecule has 0 radical (unpaired) electrons. The third-order valence-electron chi connectivity index (χ3n) is 6.19. The van der Waals surface area contributed by atoms with Crippen molar-refractivity contribution in [1.82, 2.24) is 10.2 Å². The Morgan fingerprint density at radius 3 is 2.28 bits per heavy atom. The highest BCUT2D eigenvalue weighted by Gasteiger charge is 2.33. The topological polar surface area (TPSA) is 86.8 Å². The zero-order chi connectivity index (χ0) is 28.6. The van der Waals surface area contributed by atoms with Crippen LogP contribution in [0.25, 0.3) is 0 Å². The molecule has 0 saturated heterocycles. The third-order valence-corrected chi connectivity index (χ3v) is 8.57. The summed E-state index contributed by atoms with van der Waals surface area (Å²) in [6, 6.07) is 19.0. The van der Waals surface area contributed by atoms with Crippen LogP contribution in [0.3, 0.4) is 0 Å². The van der Waals surface area contributed by atoms with E-state index in [2.05, 4.69) is 5.32 Å². The lowest BCUT2D eigenvalue weighted by atomic mass is 10.1. The maximum absolute atomic E-state index is 14.0. The molecule has 0 aliphatic carbocycles. The molecule has 0 aliphatic rings. The number of aryl methyl sites for hydroxylation is 1. The highest BCUT2D eigenvalue weighted by atomic mass is 35.5. The van der Waals surface area contributed by atoms with E-state index in [1.165, 1.54) is 17.0 Å². The molecule has 39 heavy (non-hydrogen) atoms. The normalized spacial score (nSPS) is 12.0. The van der Waals surface area contributed by atoms with E-state index >= 15 is 0 Å². The number of nitrogens with one attached hydrogen (secondary N) is 1. The van der Waals surface area contributed by atoms with Crippen molar-refractivity contribution in [2.75, 3.05) is 17.4 Å². The molecule has 3 aromatic carbocycles. The molecular weight excluding hydrogens is 557 g/mol. The number of rotatable bonds is 12. The molecule has 0 saturated carbocycles. The molecule has 0 bridgehead atoms. The van der Waals surface area contributed by atoms with Gasteiger partial charge in [-0.05, 0) is 67.3 Å². The van der Waals surface area contributed by atoms with E-state index in [9.17, 15) is 18.0 Å². The van der Waals surface area contributed by atoms with Crippen LogP contribution in [0.1, 0.15) is 37.8 Å². The van der Waals surface area contributed by atoms with Gasteiger partial charge in [0.05, 0.1) is 10.6 Å². The predicted molar refractivity (Wildman–Crippen MR) is 157 cm³/mol. The van der Waals surface area contributed by atoms with Crippen LogP contribution in [0.5, 0.6) is 0 Å². The molecule has 0 unspecified atom stereocenters. The second-order valence-electron chi connectivity index (χ2n) is 9.14. The van der Waals surface area contributed by atoms with Gasteiger partial charge in [0.15, 0.2) is 0 Å². The zero-order valence-electron chi connectivity index (χ0n) is 22.2. The Bertz CT molecular complexity index is 1400. The number of carbonyl (C=O) groups excluding carboxylic acids is 2. The van der Waals surface area contributed by atoms with Gasteiger partial charge in [0, 0.05) is 23.1 Å². The molecule has 3 rings (SSSR count). The first kappa shape index (κ1) is 30.5. The molecule has 0 aromatic heterocycles.